The molecule has 0 spiro atoms. The van der Waals surface area contributed by atoms with Crippen molar-refractivity contribution in [2.45, 2.75) is 155 Å². The number of nitrogens with zero attached hydrogens (tertiary/aromatic N) is 15. The third-order valence-electron chi connectivity index (χ3n) is 26.6. The number of hydrogen-bond acceptors (Lipinski definition) is 11. The van der Waals surface area contributed by atoms with E-state index >= 15 is 0 Å². The van der Waals surface area contributed by atoms with E-state index in [1.165, 1.54) is 184 Å². The van der Waals surface area contributed by atoms with Crippen LogP contribution in [0.5, 0.6) is 0 Å². The zero-order chi connectivity index (χ0) is 91.5. The van der Waals surface area contributed by atoms with E-state index in [2.05, 4.69) is 483 Å². The van der Waals surface area contributed by atoms with Crippen LogP contribution in [0.15, 0.2) is 316 Å². The van der Waals surface area contributed by atoms with Crippen LogP contribution < -0.4 is 38.6 Å². The highest BCUT2D eigenvalue weighted by Gasteiger charge is 2.42. The number of aryl methyl sites for hydroxylation is 13. The lowest BCUT2D eigenvalue weighted by Crippen LogP contribution is -2.37. The van der Waals surface area contributed by atoms with Crippen molar-refractivity contribution < 1.29 is 9.20 Å². The Labute approximate surface area is 771 Å². The van der Waals surface area contributed by atoms with Gasteiger partial charge in [0.15, 0.2) is 13.2 Å². The summed E-state index contributed by atoms with van der Waals surface area (Å²) >= 11 is 0. The van der Waals surface area contributed by atoms with E-state index in [0.29, 0.717) is 11.8 Å². The molecule has 3 aliphatic heterocycles. The molecular formula is C116H117N15+2. The van der Waals surface area contributed by atoms with Crippen molar-refractivity contribution in [2.24, 2.45) is 14.1 Å². The zero-order valence-corrected chi connectivity index (χ0v) is 79.1. The Bertz CT molecular complexity index is 7430. The standard InChI is InChI=1S/C33H29N3.C27H33N3.C23H25N3.C17H16N3.C16H14N3/c1-23-21-24(2)34-22-32(23)35-25(3)36(31-20-11-10-19-30(31)35)33-28(26-13-6-4-7-14-26)17-12-18-29(33)27-15-8-5-9-16-27;1-17(2)22-11-10-12-23(18(3)4)27(22)30-21(7)29(24-13-8-9-14-25(24)30)26-16-28-20(6)15-19(26)5;1-15-9-8-10-16(2)23(15)26-19(5)25(20-11-6-7-12-21(20)26)22-14-24-18(4)13-17(22)3;1-11-8-9-18-16-14-7-5-4-6-13(14)15-10-12(2)19(3)20(15)17(11)16;1-11-7-9-17-15-13-6-4-3-5-12(13)14-8-10-18(2)19(14)16(11)15/h4-22,25H,1-3H3;8-18,21H,1-7H3;6-14,19H,1-5H3;4-10H,1-3H3;3-10H,1-2H3/q;;;2*+1/t25-;21-;19-;;/m000../s1. The number of pyridine rings is 7. The Morgan fingerprint density at radius 3 is 1.14 bits per heavy atom. The normalized spacial score (nSPS) is 14.4. The number of aromatic nitrogens is 9. The highest BCUT2D eigenvalue weighted by molar-refractivity contribution is 6.12. The molecule has 3 atom stereocenters. The second kappa shape index (κ2) is 36.0. The van der Waals surface area contributed by atoms with Gasteiger partial charge >= 0.3 is 0 Å². The first-order valence-corrected chi connectivity index (χ1v) is 45.9. The molecule has 131 heavy (non-hydrogen) atoms. The molecule has 15 heteroatoms. The number of para-hydroxylation sites is 9. The van der Waals surface area contributed by atoms with Crippen molar-refractivity contribution >= 4 is 123 Å². The monoisotopic (exact) mass is 1720 g/mol. The number of fused-ring (bicyclic) bond motifs is 15. The second-order valence-electron chi connectivity index (χ2n) is 36.0. The quantitative estimate of drug-likeness (QED) is 0.0966. The van der Waals surface area contributed by atoms with Crippen molar-refractivity contribution in [1.82, 2.24) is 34.1 Å². The molecule has 15 nitrogen and oxygen atoms in total. The summed E-state index contributed by atoms with van der Waals surface area (Å²) < 4.78 is 8.81. The fourth-order valence-electron chi connectivity index (χ4n) is 20.3. The van der Waals surface area contributed by atoms with Gasteiger partial charge in [0.2, 0.25) is 5.52 Å². The Kier molecular flexibility index (Phi) is 23.9. The summed E-state index contributed by atoms with van der Waals surface area (Å²) in [6.45, 7) is 39.5. The first kappa shape index (κ1) is 86.9. The van der Waals surface area contributed by atoms with Crippen molar-refractivity contribution in [2.75, 3.05) is 29.4 Å². The lowest BCUT2D eigenvalue weighted by Gasteiger charge is -2.34. The lowest BCUT2D eigenvalue weighted by atomic mass is 9.91. The Morgan fingerprint density at radius 2 is 0.687 bits per heavy atom. The van der Waals surface area contributed by atoms with E-state index in [1.807, 2.05) is 44.8 Å². The smallest absolute Gasteiger partial charge is 0.265 e. The maximum atomic E-state index is 4.66. The molecule has 0 radical (unpaired) electrons. The largest absolute Gasteiger partial charge is 0.318 e. The van der Waals surface area contributed by atoms with Gasteiger partial charge in [0.25, 0.3) is 5.52 Å². The Hall–Kier alpha value is -14.8. The first-order chi connectivity index (χ1) is 63.4. The molecule has 10 aromatic carbocycles. The number of benzene rings is 10. The van der Waals surface area contributed by atoms with Crippen LogP contribution >= 0.6 is 0 Å². The molecule has 3 aliphatic rings. The van der Waals surface area contributed by atoms with Gasteiger partial charge in [-0.3, -0.25) is 19.9 Å². The minimum atomic E-state index is 0.0536. The number of anilines is 12. The summed E-state index contributed by atoms with van der Waals surface area (Å²) in [5, 5.41) is 4.93. The summed E-state index contributed by atoms with van der Waals surface area (Å²) in [5.41, 5.74) is 42.6. The molecule has 22 rings (SSSR count). The van der Waals surface area contributed by atoms with E-state index < -0.39 is 0 Å². The number of rotatable bonds is 10. The minimum absolute atomic E-state index is 0.0536. The third-order valence-corrected chi connectivity index (χ3v) is 26.6. The van der Waals surface area contributed by atoms with Crippen LogP contribution in [0.2, 0.25) is 0 Å². The van der Waals surface area contributed by atoms with E-state index in [9.17, 15) is 0 Å². The molecule has 0 aliphatic carbocycles. The van der Waals surface area contributed by atoms with Crippen LogP contribution in [0.25, 0.3) is 76.9 Å². The molecule has 0 amide bonds. The second-order valence-corrected chi connectivity index (χ2v) is 36.0. The number of hydrogen-bond donors (Lipinski definition) is 0. The molecule has 654 valence electrons. The predicted molar refractivity (Wildman–Crippen MR) is 547 cm³/mol. The van der Waals surface area contributed by atoms with Gasteiger partial charge in [-0.15, -0.1) is 9.20 Å². The summed E-state index contributed by atoms with van der Waals surface area (Å²) in [6, 6.07) is 99.6. The van der Waals surface area contributed by atoms with Gasteiger partial charge in [0.05, 0.1) is 99.3 Å². The maximum absolute atomic E-state index is 4.66. The molecular weight excluding hydrogens is 1600 g/mol. The summed E-state index contributed by atoms with van der Waals surface area (Å²) in [4.78, 5) is 37.9. The van der Waals surface area contributed by atoms with Crippen LogP contribution in [0.1, 0.15) is 133 Å². The van der Waals surface area contributed by atoms with Gasteiger partial charge in [-0.05, 0) is 237 Å². The fraction of sp³-hybridized carbons (Fsp3) is 0.216. The average Bonchev–Trinajstić information content (AvgIpc) is 1.68. The average molecular weight is 1720 g/mol. The van der Waals surface area contributed by atoms with Gasteiger partial charge < -0.3 is 29.4 Å². The summed E-state index contributed by atoms with van der Waals surface area (Å²) in [7, 11) is 4.16. The van der Waals surface area contributed by atoms with Crippen LogP contribution in [0, 0.1) is 76.2 Å². The molecule has 0 fully saturated rings. The van der Waals surface area contributed by atoms with E-state index in [1.54, 1.807) is 0 Å². The minimum Gasteiger partial charge on any atom is -0.318 e. The van der Waals surface area contributed by atoms with Crippen LogP contribution in [0.3, 0.4) is 0 Å². The van der Waals surface area contributed by atoms with Crippen molar-refractivity contribution in [1.29, 1.82) is 0 Å². The van der Waals surface area contributed by atoms with Gasteiger partial charge in [-0.2, -0.15) is 4.68 Å². The molecule has 0 saturated carbocycles. The van der Waals surface area contributed by atoms with Crippen LogP contribution in [-0.4, -0.2) is 52.6 Å². The van der Waals surface area contributed by atoms with E-state index in [0.717, 1.165) is 33.8 Å². The van der Waals surface area contributed by atoms with E-state index in [-0.39, 0.29) is 18.5 Å². The van der Waals surface area contributed by atoms with Crippen LogP contribution in [0.4, 0.5) is 68.2 Å². The molecule has 9 aromatic heterocycles. The van der Waals surface area contributed by atoms with Crippen molar-refractivity contribution in [3.8, 4) is 22.3 Å². The highest BCUT2D eigenvalue weighted by Crippen LogP contribution is 2.56. The van der Waals surface area contributed by atoms with Crippen molar-refractivity contribution in [3.05, 3.63) is 389 Å². The fourth-order valence-corrected chi connectivity index (χ4v) is 20.3. The Morgan fingerprint density at radius 1 is 0.313 bits per heavy atom. The summed E-state index contributed by atoms with van der Waals surface area (Å²) in [5.74, 6) is 0.907. The highest BCUT2D eigenvalue weighted by atomic mass is 15.4. The molecule has 0 bridgehead atoms. The molecule has 0 saturated heterocycles. The van der Waals surface area contributed by atoms with Gasteiger partial charge in [-0.25, -0.2) is 4.98 Å². The molecule has 12 heterocycles. The topological polar surface area (TPSA) is 101 Å². The van der Waals surface area contributed by atoms with Gasteiger partial charge in [0, 0.05) is 80.1 Å². The SMILES string of the molecule is Cc1cc(C)c(N2c3ccccc3N(c3c(-c4ccccc4)cccc3-c3ccccc3)[C@H]2C)cn1.Cc1cc(C)c(N2c3ccccc3N(c3c(C(C)C)cccc3C(C)C)[C@H]2C)cn1.Cc1cc(C)c(N2c3ccccc3N(c3c(C)cccc3C)[C@H]2C)cn1.Cc1ccnc2c3ccccc3c3cc(C)n(C)[n+]3c12.Cc1ccnc2c3ccccc3c3cc[n+](C)n3c12. The lowest BCUT2D eigenvalue weighted by molar-refractivity contribution is -0.735. The summed E-state index contributed by atoms with van der Waals surface area (Å²) in [6.07, 6.45) is 12.3. The maximum Gasteiger partial charge on any atom is 0.265 e. The van der Waals surface area contributed by atoms with Crippen LogP contribution in [-0.2, 0) is 14.1 Å². The first-order valence-electron chi connectivity index (χ1n) is 45.9. The van der Waals surface area contributed by atoms with Gasteiger partial charge in [0.1, 0.15) is 40.6 Å². The molecule has 0 unspecified atom stereocenters. The zero-order valence-electron chi connectivity index (χ0n) is 79.1. The molecule has 19 aromatic rings. The van der Waals surface area contributed by atoms with Crippen molar-refractivity contribution in [3.63, 3.8) is 0 Å². The third kappa shape index (κ3) is 15.7. The van der Waals surface area contributed by atoms with E-state index in [4.69, 9.17) is 0 Å². The molecule has 0 N–H and O–H groups in total. The Balaban J connectivity index is 0.000000112. The predicted octanol–water partition coefficient (Wildman–Crippen LogP) is 28.1. The van der Waals surface area contributed by atoms with Gasteiger partial charge in [-0.1, -0.05) is 226 Å².